The molecule has 3 atom stereocenters. The molecule has 0 aliphatic carbocycles. The SMILES string of the molecule is O=C(CC1CC=CCCC(=O)OCC(Cc2ccc(OCc3ccccc3)cc2)NC1=O)NC(CO)Cc1ccccc1. The first-order valence-corrected chi connectivity index (χ1v) is 14.8. The maximum Gasteiger partial charge on any atom is 0.306 e. The van der Waals surface area contributed by atoms with Crippen LogP contribution in [0.3, 0.4) is 0 Å². The molecule has 1 aliphatic rings. The van der Waals surface area contributed by atoms with Gasteiger partial charge in [0.1, 0.15) is 19.0 Å². The Labute approximate surface area is 253 Å². The lowest BCUT2D eigenvalue weighted by molar-refractivity contribution is -0.145. The summed E-state index contributed by atoms with van der Waals surface area (Å²) in [7, 11) is 0. The highest BCUT2D eigenvalue weighted by molar-refractivity contribution is 5.86. The molecule has 3 N–H and O–H groups in total. The average Bonchev–Trinajstić information content (AvgIpc) is 3.02. The van der Waals surface area contributed by atoms with Gasteiger partial charge in [-0.2, -0.15) is 0 Å². The van der Waals surface area contributed by atoms with Crippen molar-refractivity contribution >= 4 is 17.8 Å². The minimum absolute atomic E-state index is 0.0264. The normalized spacial score (nSPS) is 18.3. The van der Waals surface area contributed by atoms with Crippen LogP contribution < -0.4 is 15.4 Å². The third kappa shape index (κ3) is 11.1. The summed E-state index contributed by atoms with van der Waals surface area (Å²) in [6, 6.07) is 26.2. The Morgan fingerprint density at radius 3 is 2.33 bits per heavy atom. The summed E-state index contributed by atoms with van der Waals surface area (Å²) < 4.78 is 11.4. The van der Waals surface area contributed by atoms with Gasteiger partial charge >= 0.3 is 5.97 Å². The second-order valence-corrected chi connectivity index (χ2v) is 10.8. The van der Waals surface area contributed by atoms with Crippen molar-refractivity contribution in [3.63, 3.8) is 0 Å². The number of amides is 2. The van der Waals surface area contributed by atoms with Crippen molar-refractivity contribution in [2.45, 2.75) is 57.2 Å². The quantitative estimate of drug-likeness (QED) is 0.229. The third-order valence-electron chi connectivity index (χ3n) is 7.26. The number of carbonyl (C=O) groups is 3. The Morgan fingerprint density at radius 1 is 0.930 bits per heavy atom. The van der Waals surface area contributed by atoms with Gasteiger partial charge in [0.25, 0.3) is 0 Å². The molecule has 8 heteroatoms. The van der Waals surface area contributed by atoms with Crippen LogP contribution in [0.1, 0.15) is 42.4 Å². The summed E-state index contributed by atoms with van der Waals surface area (Å²) in [6.07, 6.45) is 5.68. The Hall–Kier alpha value is -4.43. The Bertz CT molecular complexity index is 1330. The van der Waals surface area contributed by atoms with Crippen LogP contribution in [-0.2, 0) is 38.6 Å². The summed E-state index contributed by atoms with van der Waals surface area (Å²) in [5.74, 6) is -0.789. The number of allylic oxidation sites excluding steroid dienone is 2. The van der Waals surface area contributed by atoms with Gasteiger partial charge < -0.3 is 25.2 Å². The molecular formula is C35H40N2O6. The van der Waals surface area contributed by atoms with E-state index in [9.17, 15) is 19.5 Å². The molecule has 0 aromatic heterocycles. The first-order valence-electron chi connectivity index (χ1n) is 14.8. The van der Waals surface area contributed by atoms with E-state index in [4.69, 9.17) is 9.47 Å². The Morgan fingerprint density at radius 2 is 1.63 bits per heavy atom. The van der Waals surface area contributed by atoms with Crippen LogP contribution >= 0.6 is 0 Å². The smallest absolute Gasteiger partial charge is 0.306 e. The zero-order valence-corrected chi connectivity index (χ0v) is 24.3. The van der Waals surface area contributed by atoms with Crippen molar-refractivity contribution in [2.75, 3.05) is 13.2 Å². The van der Waals surface area contributed by atoms with Crippen molar-refractivity contribution in [1.29, 1.82) is 0 Å². The van der Waals surface area contributed by atoms with Crippen LogP contribution in [-0.4, -0.2) is 48.2 Å². The van der Waals surface area contributed by atoms with Crippen LogP contribution in [0.25, 0.3) is 0 Å². The Balaban J connectivity index is 1.37. The molecule has 0 radical (unpaired) electrons. The van der Waals surface area contributed by atoms with Crippen LogP contribution in [0.5, 0.6) is 5.75 Å². The summed E-state index contributed by atoms with van der Waals surface area (Å²) in [4.78, 5) is 38.6. The summed E-state index contributed by atoms with van der Waals surface area (Å²) >= 11 is 0. The summed E-state index contributed by atoms with van der Waals surface area (Å²) in [5.41, 5.74) is 3.02. The van der Waals surface area contributed by atoms with E-state index >= 15 is 0 Å². The van der Waals surface area contributed by atoms with Gasteiger partial charge in [-0.05, 0) is 54.5 Å². The molecule has 8 nitrogen and oxygen atoms in total. The van der Waals surface area contributed by atoms with Gasteiger partial charge in [0, 0.05) is 12.8 Å². The molecule has 1 heterocycles. The minimum Gasteiger partial charge on any atom is -0.489 e. The van der Waals surface area contributed by atoms with Crippen molar-refractivity contribution < 1.29 is 29.0 Å². The number of aliphatic hydroxyl groups excluding tert-OH is 1. The lowest BCUT2D eigenvalue weighted by atomic mass is 9.97. The molecule has 3 unspecified atom stereocenters. The van der Waals surface area contributed by atoms with Gasteiger partial charge in [-0.15, -0.1) is 0 Å². The monoisotopic (exact) mass is 584 g/mol. The molecule has 3 aromatic carbocycles. The van der Waals surface area contributed by atoms with E-state index in [1.807, 2.05) is 97.1 Å². The van der Waals surface area contributed by atoms with Gasteiger partial charge in [0.15, 0.2) is 0 Å². The van der Waals surface area contributed by atoms with Gasteiger partial charge in [-0.1, -0.05) is 84.9 Å². The zero-order valence-electron chi connectivity index (χ0n) is 24.3. The first-order chi connectivity index (χ1) is 21.0. The molecule has 4 rings (SSSR count). The van der Waals surface area contributed by atoms with E-state index in [2.05, 4.69) is 10.6 Å². The molecule has 43 heavy (non-hydrogen) atoms. The van der Waals surface area contributed by atoms with Gasteiger partial charge in [-0.3, -0.25) is 14.4 Å². The minimum atomic E-state index is -0.612. The first kappa shape index (κ1) is 31.5. The van der Waals surface area contributed by atoms with E-state index < -0.39 is 18.0 Å². The molecule has 226 valence electrons. The lowest BCUT2D eigenvalue weighted by Crippen LogP contribution is -2.45. The number of aliphatic hydroxyl groups is 1. The predicted molar refractivity (Wildman–Crippen MR) is 164 cm³/mol. The van der Waals surface area contributed by atoms with E-state index in [-0.39, 0.29) is 43.8 Å². The maximum atomic E-state index is 13.4. The van der Waals surface area contributed by atoms with Crippen LogP contribution in [0, 0.1) is 5.92 Å². The fourth-order valence-electron chi connectivity index (χ4n) is 4.92. The maximum absolute atomic E-state index is 13.4. The number of hydrogen-bond donors (Lipinski definition) is 3. The largest absolute Gasteiger partial charge is 0.489 e. The highest BCUT2D eigenvalue weighted by atomic mass is 16.5. The van der Waals surface area contributed by atoms with E-state index in [1.54, 1.807) is 0 Å². The molecule has 0 bridgehead atoms. The van der Waals surface area contributed by atoms with Crippen molar-refractivity contribution in [2.24, 2.45) is 5.92 Å². The summed E-state index contributed by atoms with van der Waals surface area (Å²) in [6.45, 7) is 0.285. The molecule has 0 spiro atoms. The van der Waals surface area contributed by atoms with Gasteiger partial charge in [0.2, 0.25) is 11.8 Å². The fourth-order valence-corrected chi connectivity index (χ4v) is 4.92. The number of cyclic esters (lactones) is 1. The van der Waals surface area contributed by atoms with Crippen LogP contribution in [0.15, 0.2) is 97.1 Å². The number of ether oxygens (including phenoxy) is 2. The average molecular weight is 585 g/mol. The standard InChI is InChI=1S/C35H40N2O6/c38-23-30(20-26-10-4-1-5-11-26)36-33(39)22-29-14-8-3-9-15-34(40)43-25-31(37-35(29)41)21-27-16-18-32(19-17-27)42-24-28-12-6-2-7-13-28/h1-8,10-13,16-19,29-31,38H,9,14-15,20-25H2,(H,36,39)(H,37,41). The topological polar surface area (TPSA) is 114 Å². The predicted octanol–water partition coefficient (Wildman–Crippen LogP) is 4.30. The van der Waals surface area contributed by atoms with Crippen molar-refractivity contribution in [3.8, 4) is 5.75 Å². The summed E-state index contributed by atoms with van der Waals surface area (Å²) in [5, 5.41) is 15.7. The zero-order chi connectivity index (χ0) is 30.3. The molecule has 0 saturated carbocycles. The number of nitrogens with one attached hydrogen (secondary N) is 2. The highest BCUT2D eigenvalue weighted by Crippen LogP contribution is 2.18. The van der Waals surface area contributed by atoms with Gasteiger partial charge in [0.05, 0.1) is 24.6 Å². The molecule has 1 aliphatic heterocycles. The Kier molecular flexibility index (Phi) is 12.4. The number of benzene rings is 3. The number of esters is 1. The van der Waals surface area contributed by atoms with Crippen LogP contribution in [0.2, 0.25) is 0 Å². The molecule has 3 aromatic rings. The van der Waals surface area contributed by atoms with E-state index in [0.717, 1.165) is 22.4 Å². The van der Waals surface area contributed by atoms with Gasteiger partial charge in [-0.25, -0.2) is 0 Å². The number of carbonyl (C=O) groups excluding carboxylic acids is 3. The number of rotatable bonds is 11. The molecular weight excluding hydrogens is 544 g/mol. The lowest BCUT2D eigenvalue weighted by Gasteiger charge is -2.24. The fraction of sp³-hybridized carbons (Fsp3) is 0.343. The molecule has 0 saturated heterocycles. The second-order valence-electron chi connectivity index (χ2n) is 10.8. The molecule has 2 amide bonds. The number of hydrogen-bond acceptors (Lipinski definition) is 6. The van der Waals surface area contributed by atoms with Crippen LogP contribution in [0.4, 0.5) is 0 Å². The van der Waals surface area contributed by atoms with E-state index in [0.29, 0.717) is 32.3 Å². The van der Waals surface area contributed by atoms with Crippen molar-refractivity contribution in [1.82, 2.24) is 10.6 Å². The third-order valence-corrected chi connectivity index (χ3v) is 7.26. The second kappa shape index (κ2) is 16.9. The van der Waals surface area contributed by atoms with Crippen molar-refractivity contribution in [3.05, 3.63) is 114 Å². The molecule has 0 fully saturated rings. The highest BCUT2D eigenvalue weighted by Gasteiger charge is 2.26. The van der Waals surface area contributed by atoms with E-state index in [1.165, 1.54) is 0 Å².